The van der Waals surface area contributed by atoms with Crippen molar-refractivity contribution in [2.75, 3.05) is 6.54 Å². The quantitative estimate of drug-likeness (QED) is 0.705. The molecule has 0 aromatic carbocycles. The van der Waals surface area contributed by atoms with Gasteiger partial charge in [0.1, 0.15) is 6.04 Å². The first-order chi connectivity index (χ1) is 8.47. The van der Waals surface area contributed by atoms with E-state index in [1.54, 1.807) is 6.92 Å². The van der Waals surface area contributed by atoms with Gasteiger partial charge in [0.25, 0.3) is 0 Å². The number of amides is 2. The normalized spacial score (nSPS) is 19.9. The van der Waals surface area contributed by atoms with Crippen LogP contribution >= 0.6 is 0 Å². The fraction of sp³-hybridized carbons (Fsp3) is 0.846. The lowest BCUT2D eigenvalue weighted by Gasteiger charge is -2.33. The van der Waals surface area contributed by atoms with Gasteiger partial charge in [-0.3, -0.25) is 0 Å². The highest BCUT2D eigenvalue weighted by Gasteiger charge is 2.27. The Morgan fingerprint density at radius 1 is 1.28 bits per heavy atom. The molecule has 1 atom stereocenters. The summed E-state index contributed by atoms with van der Waals surface area (Å²) in [5.41, 5.74) is 0.167. The minimum absolute atomic E-state index is 0.167. The van der Waals surface area contributed by atoms with E-state index in [1.807, 2.05) is 0 Å². The van der Waals surface area contributed by atoms with Crippen LogP contribution in [0, 0.1) is 5.41 Å². The summed E-state index contributed by atoms with van der Waals surface area (Å²) in [6.45, 7) is 4.54. The van der Waals surface area contributed by atoms with Gasteiger partial charge in [0.2, 0.25) is 0 Å². The Morgan fingerprint density at radius 3 is 2.39 bits per heavy atom. The molecule has 2 amide bonds. The highest BCUT2D eigenvalue weighted by atomic mass is 16.4. The van der Waals surface area contributed by atoms with Crippen molar-refractivity contribution in [3.63, 3.8) is 0 Å². The van der Waals surface area contributed by atoms with Crippen LogP contribution in [-0.2, 0) is 4.79 Å². The number of carbonyl (C=O) groups is 2. The molecule has 0 aliphatic heterocycles. The highest BCUT2D eigenvalue weighted by molar-refractivity contribution is 5.82. The summed E-state index contributed by atoms with van der Waals surface area (Å²) in [5.74, 6) is -0.989. The second-order valence-corrected chi connectivity index (χ2v) is 5.50. The molecule has 18 heavy (non-hydrogen) atoms. The van der Waals surface area contributed by atoms with Gasteiger partial charge in [-0.15, -0.1) is 0 Å². The maximum Gasteiger partial charge on any atom is 0.326 e. The van der Waals surface area contributed by atoms with Crippen LogP contribution in [0.1, 0.15) is 52.4 Å². The zero-order valence-corrected chi connectivity index (χ0v) is 11.3. The number of carboxylic acids is 1. The van der Waals surface area contributed by atoms with E-state index in [1.165, 1.54) is 19.3 Å². The Balaban J connectivity index is 2.34. The van der Waals surface area contributed by atoms with E-state index in [0.717, 1.165) is 12.8 Å². The second-order valence-electron chi connectivity index (χ2n) is 5.50. The number of aliphatic carboxylic acids is 1. The van der Waals surface area contributed by atoms with Gasteiger partial charge in [-0.25, -0.2) is 9.59 Å². The fourth-order valence-electron chi connectivity index (χ4n) is 2.42. The number of rotatable bonds is 5. The molecule has 1 rings (SSSR count). The molecule has 1 aliphatic rings. The van der Waals surface area contributed by atoms with Gasteiger partial charge >= 0.3 is 12.0 Å². The third-order valence-electron chi connectivity index (χ3n) is 3.75. The number of carbonyl (C=O) groups excluding carboxylic acids is 1. The van der Waals surface area contributed by atoms with E-state index in [4.69, 9.17) is 5.11 Å². The molecule has 1 aliphatic carbocycles. The monoisotopic (exact) mass is 256 g/mol. The van der Waals surface area contributed by atoms with Crippen LogP contribution in [-0.4, -0.2) is 29.7 Å². The molecular weight excluding hydrogens is 232 g/mol. The molecule has 0 bridgehead atoms. The molecule has 5 heteroatoms. The Labute approximate surface area is 108 Å². The maximum atomic E-state index is 11.6. The molecule has 0 aromatic rings. The van der Waals surface area contributed by atoms with E-state index in [0.29, 0.717) is 13.0 Å². The molecule has 0 saturated heterocycles. The number of urea groups is 1. The minimum atomic E-state index is -0.989. The number of carboxylic acid groups (broad SMARTS) is 1. The van der Waals surface area contributed by atoms with Crippen LogP contribution in [0.25, 0.3) is 0 Å². The van der Waals surface area contributed by atoms with E-state index < -0.39 is 12.0 Å². The van der Waals surface area contributed by atoms with Crippen molar-refractivity contribution >= 4 is 12.0 Å². The molecule has 0 radical (unpaired) electrons. The maximum absolute atomic E-state index is 11.6. The van der Waals surface area contributed by atoms with Crippen molar-refractivity contribution in [2.45, 2.75) is 58.4 Å². The zero-order chi connectivity index (χ0) is 13.6. The first-order valence-electron chi connectivity index (χ1n) is 6.74. The molecule has 1 saturated carbocycles. The van der Waals surface area contributed by atoms with Gasteiger partial charge < -0.3 is 15.7 Å². The Hall–Kier alpha value is -1.26. The number of nitrogens with one attached hydrogen (secondary N) is 2. The van der Waals surface area contributed by atoms with Crippen LogP contribution in [0.15, 0.2) is 0 Å². The van der Waals surface area contributed by atoms with Gasteiger partial charge in [-0.05, 0) is 24.7 Å². The second kappa shape index (κ2) is 6.61. The zero-order valence-electron chi connectivity index (χ0n) is 11.3. The van der Waals surface area contributed by atoms with Crippen molar-refractivity contribution in [1.29, 1.82) is 0 Å². The lowest BCUT2D eigenvalue weighted by molar-refractivity contribution is -0.139. The van der Waals surface area contributed by atoms with Crippen molar-refractivity contribution in [1.82, 2.24) is 10.6 Å². The summed E-state index contributed by atoms with van der Waals surface area (Å²) in [6.07, 6.45) is 6.35. The largest absolute Gasteiger partial charge is 0.480 e. The predicted octanol–water partition coefficient (Wildman–Crippen LogP) is 2.12. The summed E-state index contributed by atoms with van der Waals surface area (Å²) in [4.78, 5) is 22.4. The summed E-state index contributed by atoms with van der Waals surface area (Å²) in [6, 6.07) is -1.18. The summed E-state index contributed by atoms with van der Waals surface area (Å²) in [5, 5.41) is 14.1. The van der Waals surface area contributed by atoms with Crippen molar-refractivity contribution in [3.8, 4) is 0 Å². The lowest BCUT2D eigenvalue weighted by atomic mass is 9.76. The summed E-state index contributed by atoms with van der Waals surface area (Å²) in [7, 11) is 0. The standard InChI is InChI=1S/C13H24N2O3/c1-3-10(11(16)17)15-12(18)14-9-13(2)7-5-4-6-8-13/h10H,3-9H2,1-2H3,(H,16,17)(H2,14,15,18)/t10-/m0/s1. The van der Waals surface area contributed by atoms with Gasteiger partial charge in [-0.1, -0.05) is 33.1 Å². The molecule has 0 spiro atoms. The molecule has 0 aromatic heterocycles. The summed E-state index contributed by atoms with van der Waals surface area (Å²) < 4.78 is 0. The van der Waals surface area contributed by atoms with Crippen LogP contribution < -0.4 is 10.6 Å². The predicted molar refractivity (Wildman–Crippen MR) is 69.4 cm³/mol. The SMILES string of the molecule is CC[C@H](NC(=O)NCC1(C)CCCCC1)C(=O)O. The van der Waals surface area contributed by atoms with Crippen molar-refractivity contribution in [2.24, 2.45) is 5.41 Å². The first kappa shape index (κ1) is 14.8. The molecule has 5 nitrogen and oxygen atoms in total. The van der Waals surface area contributed by atoms with E-state index >= 15 is 0 Å². The van der Waals surface area contributed by atoms with Crippen LogP contribution in [0.4, 0.5) is 4.79 Å². The average Bonchev–Trinajstić information content (AvgIpc) is 2.34. The van der Waals surface area contributed by atoms with Crippen LogP contribution in [0.5, 0.6) is 0 Å². The molecule has 3 N–H and O–H groups in total. The van der Waals surface area contributed by atoms with E-state index in [-0.39, 0.29) is 11.4 Å². The third-order valence-corrected chi connectivity index (χ3v) is 3.75. The minimum Gasteiger partial charge on any atom is -0.480 e. The van der Waals surface area contributed by atoms with Crippen molar-refractivity contribution < 1.29 is 14.7 Å². The molecule has 0 unspecified atom stereocenters. The Morgan fingerprint density at radius 2 is 1.89 bits per heavy atom. The Bertz CT molecular complexity index is 299. The summed E-state index contributed by atoms with van der Waals surface area (Å²) >= 11 is 0. The third kappa shape index (κ3) is 4.55. The fourth-order valence-corrected chi connectivity index (χ4v) is 2.42. The van der Waals surface area contributed by atoms with Crippen LogP contribution in [0.2, 0.25) is 0 Å². The number of hydrogen-bond donors (Lipinski definition) is 3. The van der Waals surface area contributed by atoms with E-state index in [9.17, 15) is 9.59 Å². The van der Waals surface area contributed by atoms with Gasteiger partial charge in [0.15, 0.2) is 0 Å². The van der Waals surface area contributed by atoms with E-state index in [2.05, 4.69) is 17.6 Å². The average molecular weight is 256 g/mol. The molecule has 104 valence electrons. The molecular formula is C13H24N2O3. The topological polar surface area (TPSA) is 78.4 Å². The van der Waals surface area contributed by atoms with Gasteiger partial charge in [0.05, 0.1) is 0 Å². The molecule has 0 heterocycles. The van der Waals surface area contributed by atoms with Crippen LogP contribution in [0.3, 0.4) is 0 Å². The van der Waals surface area contributed by atoms with Gasteiger partial charge in [-0.2, -0.15) is 0 Å². The lowest BCUT2D eigenvalue weighted by Crippen LogP contribution is -2.48. The first-order valence-corrected chi connectivity index (χ1v) is 6.74. The molecule has 1 fully saturated rings. The van der Waals surface area contributed by atoms with Crippen molar-refractivity contribution in [3.05, 3.63) is 0 Å². The number of hydrogen-bond acceptors (Lipinski definition) is 2. The highest BCUT2D eigenvalue weighted by Crippen LogP contribution is 2.34. The smallest absolute Gasteiger partial charge is 0.326 e. The Kier molecular flexibility index (Phi) is 5.44. The van der Waals surface area contributed by atoms with Gasteiger partial charge in [0, 0.05) is 6.54 Å².